The van der Waals surface area contributed by atoms with E-state index in [1.807, 2.05) is 0 Å². The minimum absolute atomic E-state index is 0.750. The predicted molar refractivity (Wildman–Crippen MR) is 58.8 cm³/mol. The Hall–Kier alpha value is -0.980. The highest BCUT2D eigenvalue weighted by Gasteiger charge is 2.02. The predicted octanol–water partition coefficient (Wildman–Crippen LogP) is 3.17. The molecular weight excluding hydrogens is 158 g/mol. The van der Waals surface area contributed by atoms with E-state index in [4.69, 9.17) is 5.73 Å². The van der Waals surface area contributed by atoms with E-state index in [0.29, 0.717) is 0 Å². The molecule has 1 aromatic rings. The van der Waals surface area contributed by atoms with Crippen molar-refractivity contribution in [2.75, 3.05) is 5.73 Å². The molecule has 0 aliphatic carbocycles. The zero-order chi connectivity index (χ0) is 9.84. The Morgan fingerprint density at radius 3 is 2.62 bits per heavy atom. The maximum Gasteiger partial charge on any atom is 0.0376 e. The molecule has 13 heavy (non-hydrogen) atoms. The lowest BCUT2D eigenvalue weighted by Gasteiger charge is -2.09. The molecule has 0 saturated heterocycles. The summed E-state index contributed by atoms with van der Waals surface area (Å²) < 4.78 is 0. The van der Waals surface area contributed by atoms with E-state index in [9.17, 15) is 0 Å². The number of nitrogens with two attached hydrogens (primary N) is 1. The molecule has 0 aliphatic heterocycles. The van der Waals surface area contributed by atoms with E-state index in [0.717, 1.165) is 18.0 Å². The van der Waals surface area contributed by atoms with Crippen LogP contribution in [0, 0.1) is 12.8 Å². The average Bonchev–Trinajstić information content (AvgIpc) is 2.07. The summed E-state index contributed by atoms with van der Waals surface area (Å²) in [4.78, 5) is 0. The monoisotopic (exact) mass is 177 g/mol. The van der Waals surface area contributed by atoms with Gasteiger partial charge in [-0.3, -0.25) is 0 Å². The Morgan fingerprint density at radius 2 is 2.00 bits per heavy atom. The lowest BCUT2D eigenvalue weighted by atomic mass is 9.99. The fourth-order valence-corrected chi connectivity index (χ4v) is 1.40. The number of hydrogen-bond acceptors (Lipinski definition) is 1. The number of hydrogen-bond donors (Lipinski definition) is 1. The van der Waals surface area contributed by atoms with Gasteiger partial charge in [-0.1, -0.05) is 32.0 Å². The number of nitrogen functional groups attached to an aromatic ring is 1. The van der Waals surface area contributed by atoms with Crippen LogP contribution in [0.1, 0.15) is 31.4 Å². The number of anilines is 1. The molecule has 0 fully saturated rings. The van der Waals surface area contributed by atoms with Gasteiger partial charge in [0.15, 0.2) is 0 Å². The van der Waals surface area contributed by atoms with Gasteiger partial charge in [-0.05, 0) is 36.8 Å². The summed E-state index contributed by atoms with van der Waals surface area (Å²) in [6, 6.07) is 6.28. The summed E-state index contributed by atoms with van der Waals surface area (Å²) in [5.41, 5.74) is 9.44. The van der Waals surface area contributed by atoms with Crippen LogP contribution in [-0.4, -0.2) is 0 Å². The highest BCUT2D eigenvalue weighted by molar-refractivity contribution is 5.53. The van der Waals surface area contributed by atoms with Crippen LogP contribution in [0.2, 0.25) is 0 Å². The zero-order valence-electron chi connectivity index (χ0n) is 8.80. The Balaban J connectivity index is 2.71. The van der Waals surface area contributed by atoms with E-state index in [1.165, 1.54) is 17.5 Å². The van der Waals surface area contributed by atoms with Gasteiger partial charge in [0.25, 0.3) is 0 Å². The Bertz CT molecular complexity index is 276. The van der Waals surface area contributed by atoms with Gasteiger partial charge in [0.1, 0.15) is 0 Å². The van der Waals surface area contributed by atoms with Crippen molar-refractivity contribution in [3.05, 3.63) is 29.3 Å². The third-order valence-electron chi connectivity index (χ3n) is 2.41. The van der Waals surface area contributed by atoms with Crippen molar-refractivity contribution in [2.24, 2.45) is 5.92 Å². The maximum atomic E-state index is 5.97. The Labute approximate surface area is 81.0 Å². The summed E-state index contributed by atoms with van der Waals surface area (Å²) in [6.07, 6.45) is 2.32. The SMILES string of the molecule is Cc1cccc(CCC(C)C)c1N. The van der Waals surface area contributed by atoms with Crippen molar-refractivity contribution in [1.82, 2.24) is 0 Å². The van der Waals surface area contributed by atoms with Crippen LogP contribution in [0.3, 0.4) is 0 Å². The first-order chi connectivity index (χ1) is 6.11. The molecule has 0 radical (unpaired) electrons. The van der Waals surface area contributed by atoms with Gasteiger partial charge >= 0.3 is 0 Å². The van der Waals surface area contributed by atoms with Crippen molar-refractivity contribution in [3.8, 4) is 0 Å². The molecule has 0 aliphatic rings. The molecule has 0 unspecified atom stereocenters. The quantitative estimate of drug-likeness (QED) is 0.705. The maximum absolute atomic E-state index is 5.97. The van der Waals surface area contributed by atoms with Crippen LogP contribution in [0.25, 0.3) is 0 Å². The molecule has 0 aromatic heterocycles. The number of rotatable bonds is 3. The molecule has 72 valence electrons. The van der Waals surface area contributed by atoms with Crippen molar-refractivity contribution in [2.45, 2.75) is 33.6 Å². The van der Waals surface area contributed by atoms with Gasteiger partial charge < -0.3 is 5.73 Å². The normalized spacial score (nSPS) is 10.8. The van der Waals surface area contributed by atoms with Crippen LogP contribution in [-0.2, 0) is 6.42 Å². The smallest absolute Gasteiger partial charge is 0.0376 e. The molecule has 0 spiro atoms. The molecule has 0 heterocycles. The number of para-hydroxylation sites is 1. The second-order valence-corrected chi connectivity index (χ2v) is 4.08. The van der Waals surface area contributed by atoms with Crippen LogP contribution in [0.15, 0.2) is 18.2 Å². The first-order valence-electron chi connectivity index (χ1n) is 4.95. The standard InChI is InChI=1S/C12H19N/c1-9(2)7-8-11-6-4-5-10(3)12(11)13/h4-6,9H,7-8,13H2,1-3H3. The first-order valence-corrected chi connectivity index (χ1v) is 4.95. The van der Waals surface area contributed by atoms with Gasteiger partial charge in [-0.25, -0.2) is 0 Å². The number of aryl methyl sites for hydroxylation is 2. The Morgan fingerprint density at radius 1 is 1.31 bits per heavy atom. The van der Waals surface area contributed by atoms with E-state index in [2.05, 4.69) is 39.0 Å². The van der Waals surface area contributed by atoms with Gasteiger partial charge in [-0.15, -0.1) is 0 Å². The molecule has 0 bridgehead atoms. The lowest BCUT2D eigenvalue weighted by Crippen LogP contribution is -1.99. The van der Waals surface area contributed by atoms with Gasteiger partial charge in [0, 0.05) is 5.69 Å². The summed E-state index contributed by atoms with van der Waals surface area (Å²) in [5, 5.41) is 0. The molecule has 0 atom stereocenters. The van der Waals surface area contributed by atoms with Gasteiger partial charge in [-0.2, -0.15) is 0 Å². The van der Waals surface area contributed by atoms with E-state index >= 15 is 0 Å². The van der Waals surface area contributed by atoms with Crippen molar-refractivity contribution in [3.63, 3.8) is 0 Å². The van der Waals surface area contributed by atoms with Gasteiger partial charge in [0.05, 0.1) is 0 Å². The first kappa shape index (κ1) is 10.1. The van der Waals surface area contributed by atoms with Gasteiger partial charge in [0.2, 0.25) is 0 Å². The van der Waals surface area contributed by atoms with E-state index in [-0.39, 0.29) is 0 Å². The van der Waals surface area contributed by atoms with Crippen LogP contribution in [0.5, 0.6) is 0 Å². The summed E-state index contributed by atoms with van der Waals surface area (Å²) in [5.74, 6) is 0.750. The highest BCUT2D eigenvalue weighted by Crippen LogP contribution is 2.19. The van der Waals surface area contributed by atoms with Crippen LogP contribution >= 0.6 is 0 Å². The lowest BCUT2D eigenvalue weighted by molar-refractivity contribution is 0.587. The minimum Gasteiger partial charge on any atom is -0.398 e. The Kier molecular flexibility index (Phi) is 3.35. The average molecular weight is 177 g/mol. The molecule has 0 amide bonds. The summed E-state index contributed by atoms with van der Waals surface area (Å²) >= 11 is 0. The molecule has 1 aromatic carbocycles. The molecular formula is C12H19N. The fourth-order valence-electron chi connectivity index (χ4n) is 1.40. The summed E-state index contributed by atoms with van der Waals surface area (Å²) in [6.45, 7) is 6.55. The van der Waals surface area contributed by atoms with E-state index < -0.39 is 0 Å². The second-order valence-electron chi connectivity index (χ2n) is 4.08. The fraction of sp³-hybridized carbons (Fsp3) is 0.500. The second kappa shape index (κ2) is 4.31. The molecule has 1 rings (SSSR count). The third kappa shape index (κ3) is 2.76. The van der Waals surface area contributed by atoms with Crippen LogP contribution < -0.4 is 5.73 Å². The zero-order valence-corrected chi connectivity index (χ0v) is 8.80. The molecule has 1 nitrogen and oxygen atoms in total. The third-order valence-corrected chi connectivity index (χ3v) is 2.41. The molecule has 0 saturated carbocycles. The summed E-state index contributed by atoms with van der Waals surface area (Å²) in [7, 11) is 0. The highest BCUT2D eigenvalue weighted by atomic mass is 14.6. The molecule has 2 N–H and O–H groups in total. The minimum atomic E-state index is 0.750. The largest absolute Gasteiger partial charge is 0.398 e. The van der Waals surface area contributed by atoms with Crippen molar-refractivity contribution < 1.29 is 0 Å². The van der Waals surface area contributed by atoms with Crippen molar-refractivity contribution in [1.29, 1.82) is 0 Å². The van der Waals surface area contributed by atoms with Crippen molar-refractivity contribution >= 4 is 5.69 Å². The molecule has 1 heteroatoms. The van der Waals surface area contributed by atoms with Crippen LogP contribution in [0.4, 0.5) is 5.69 Å². The number of benzene rings is 1. The van der Waals surface area contributed by atoms with E-state index in [1.54, 1.807) is 0 Å². The topological polar surface area (TPSA) is 26.0 Å².